The summed E-state index contributed by atoms with van der Waals surface area (Å²) in [4.78, 5) is 4.42. The van der Waals surface area contributed by atoms with Gasteiger partial charge in [0.15, 0.2) is 0 Å². The number of methoxy groups -OCH3 is 1. The number of rotatable bonds is 5. The highest BCUT2D eigenvalue weighted by Crippen LogP contribution is 2.25. The van der Waals surface area contributed by atoms with Crippen LogP contribution in [0, 0.1) is 0 Å². The second-order valence-corrected chi connectivity index (χ2v) is 4.19. The van der Waals surface area contributed by atoms with Crippen LogP contribution >= 0.6 is 11.5 Å². The van der Waals surface area contributed by atoms with Gasteiger partial charge in [0.2, 0.25) is 5.13 Å². The SMILES string of the molecule is COCCNc1nc(C2CCOC2)ns1. The molecule has 2 rings (SSSR count). The minimum atomic E-state index is 0.388. The van der Waals surface area contributed by atoms with Crippen LogP contribution < -0.4 is 5.32 Å². The maximum Gasteiger partial charge on any atom is 0.202 e. The van der Waals surface area contributed by atoms with Gasteiger partial charge in [0.25, 0.3) is 0 Å². The number of hydrogen-bond acceptors (Lipinski definition) is 6. The quantitative estimate of drug-likeness (QED) is 0.766. The molecule has 1 aliphatic rings. The molecule has 5 nitrogen and oxygen atoms in total. The van der Waals surface area contributed by atoms with Gasteiger partial charge < -0.3 is 14.8 Å². The molecule has 15 heavy (non-hydrogen) atoms. The van der Waals surface area contributed by atoms with E-state index in [9.17, 15) is 0 Å². The first-order chi connectivity index (χ1) is 7.40. The summed E-state index contributed by atoms with van der Waals surface area (Å²) in [5.74, 6) is 1.30. The van der Waals surface area contributed by atoms with Gasteiger partial charge in [-0.3, -0.25) is 0 Å². The van der Waals surface area contributed by atoms with Gasteiger partial charge in [-0.1, -0.05) is 0 Å². The van der Waals surface area contributed by atoms with Gasteiger partial charge in [-0.2, -0.15) is 4.37 Å². The van der Waals surface area contributed by atoms with Crippen LogP contribution in [-0.4, -0.2) is 42.8 Å². The van der Waals surface area contributed by atoms with Crippen molar-refractivity contribution >= 4 is 16.7 Å². The first kappa shape index (κ1) is 10.8. The van der Waals surface area contributed by atoms with E-state index in [1.165, 1.54) is 11.5 Å². The lowest BCUT2D eigenvalue weighted by atomic mass is 10.1. The van der Waals surface area contributed by atoms with Crippen molar-refractivity contribution in [1.29, 1.82) is 0 Å². The van der Waals surface area contributed by atoms with Crippen molar-refractivity contribution < 1.29 is 9.47 Å². The van der Waals surface area contributed by atoms with Crippen molar-refractivity contribution in [2.45, 2.75) is 12.3 Å². The molecular weight excluding hydrogens is 214 g/mol. The van der Waals surface area contributed by atoms with Gasteiger partial charge in [0.1, 0.15) is 5.82 Å². The molecule has 0 bridgehead atoms. The molecule has 1 aliphatic heterocycles. The first-order valence-electron chi connectivity index (χ1n) is 5.04. The highest BCUT2D eigenvalue weighted by atomic mass is 32.1. The van der Waals surface area contributed by atoms with Crippen molar-refractivity contribution in [3.05, 3.63) is 5.82 Å². The Morgan fingerprint density at radius 1 is 1.67 bits per heavy atom. The smallest absolute Gasteiger partial charge is 0.202 e. The summed E-state index contributed by atoms with van der Waals surface area (Å²) in [5, 5.41) is 4.04. The predicted octanol–water partition coefficient (Wildman–Crippen LogP) is 1.10. The van der Waals surface area contributed by atoms with Gasteiger partial charge >= 0.3 is 0 Å². The highest BCUT2D eigenvalue weighted by molar-refractivity contribution is 7.09. The average Bonchev–Trinajstić information content (AvgIpc) is 2.87. The molecule has 1 unspecified atom stereocenters. The molecular formula is C9H15N3O2S. The third-order valence-corrected chi connectivity index (χ3v) is 3.01. The third kappa shape index (κ3) is 2.87. The molecule has 1 N–H and O–H groups in total. The van der Waals surface area contributed by atoms with Crippen LogP contribution in [0.4, 0.5) is 5.13 Å². The fraction of sp³-hybridized carbons (Fsp3) is 0.778. The molecule has 0 radical (unpaired) electrons. The summed E-state index contributed by atoms with van der Waals surface area (Å²) in [7, 11) is 1.68. The molecule has 0 aliphatic carbocycles. The van der Waals surface area contributed by atoms with E-state index >= 15 is 0 Å². The minimum Gasteiger partial charge on any atom is -0.383 e. The van der Waals surface area contributed by atoms with E-state index in [1.807, 2.05) is 0 Å². The van der Waals surface area contributed by atoms with E-state index in [0.29, 0.717) is 12.5 Å². The lowest BCUT2D eigenvalue weighted by Gasteiger charge is -2.01. The highest BCUT2D eigenvalue weighted by Gasteiger charge is 2.21. The first-order valence-corrected chi connectivity index (χ1v) is 5.81. The summed E-state index contributed by atoms with van der Waals surface area (Å²) in [6.45, 7) is 3.04. The molecule has 0 aromatic carbocycles. The van der Waals surface area contributed by atoms with Crippen LogP contribution in [0.1, 0.15) is 18.2 Å². The summed E-state index contributed by atoms with van der Waals surface area (Å²) >= 11 is 1.40. The number of nitrogens with one attached hydrogen (secondary N) is 1. The van der Waals surface area contributed by atoms with E-state index in [1.54, 1.807) is 7.11 Å². The summed E-state index contributed by atoms with van der Waals surface area (Å²) in [5.41, 5.74) is 0. The summed E-state index contributed by atoms with van der Waals surface area (Å²) < 4.78 is 14.6. The van der Waals surface area contributed by atoms with E-state index in [0.717, 1.165) is 37.1 Å². The van der Waals surface area contributed by atoms with Crippen molar-refractivity contribution in [2.24, 2.45) is 0 Å². The zero-order chi connectivity index (χ0) is 10.5. The Kier molecular flexibility index (Phi) is 3.87. The van der Waals surface area contributed by atoms with Gasteiger partial charge in [0, 0.05) is 37.7 Å². The predicted molar refractivity (Wildman–Crippen MR) is 58.5 cm³/mol. The lowest BCUT2D eigenvalue weighted by molar-refractivity contribution is 0.193. The van der Waals surface area contributed by atoms with Crippen molar-refractivity contribution in [1.82, 2.24) is 9.36 Å². The maximum atomic E-state index is 5.30. The molecule has 1 aromatic heterocycles. The molecule has 1 fully saturated rings. The second-order valence-electron chi connectivity index (χ2n) is 3.44. The topological polar surface area (TPSA) is 56.3 Å². The molecule has 0 saturated carbocycles. The van der Waals surface area contributed by atoms with E-state index in [2.05, 4.69) is 14.7 Å². The fourth-order valence-corrected chi connectivity index (χ4v) is 2.14. The van der Waals surface area contributed by atoms with Gasteiger partial charge in [0.05, 0.1) is 13.2 Å². The van der Waals surface area contributed by atoms with Crippen molar-refractivity contribution in [3.8, 4) is 0 Å². The van der Waals surface area contributed by atoms with Crippen LogP contribution in [0.15, 0.2) is 0 Å². The number of nitrogens with zero attached hydrogens (tertiary/aromatic N) is 2. The van der Waals surface area contributed by atoms with Gasteiger partial charge in [-0.15, -0.1) is 0 Å². The second kappa shape index (κ2) is 5.39. The Labute approximate surface area is 93.0 Å². The summed E-state index contributed by atoms with van der Waals surface area (Å²) in [6.07, 6.45) is 1.04. The van der Waals surface area contributed by atoms with Crippen LogP contribution in [-0.2, 0) is 9.47 Å². The maximum absolute atomic E-state index is 5.30. The Bertz CT molecular complexity index is 299. The van der Waals surface area contributed by atoms with E-state index in [4.69, 9.17) is 9.47 Å². The molecule has 0 spiro atoms. The Balaban J connectivity index is 1.86. The monoisotopic (exact) mass is 229 g/mol. The number of hydrogen-bond donors (Lipinski definition) is 1. The third-order valence-electron chi connectivity index (χ3n) is 2.32. The zero-order valence-electron chi connectivity index (χ0n) is 8.73. The van der Waals surface area contributed by atoms with Gasteiger partial charge in [-0.05, 0) is 6.42 Å². The molecule has 2 heterocycles. The largest absolute Gasteiger partial charge is 0.383 e. The molecule has 1 aromatic rings. The van der Waals surface area contributed by atoms with Crippen molar-refractivity contribution in [3.63, 3.8) is 0 Å². The Morgan fingerprint density at radius 2 is 2.60 bits per heavy atom. The average molecular weight is 229 g/mol. The van der Waals surface area contributed by atoms with Gasteiger partial charge in [-0.25, -0.2) is 4.98 Å². The van der Waals surface area contributed by atoms with Crippen LogP contribution in [0.5, 0.6) is 0 Å². The molecule has 1 saturated heterocycles. The molecule has 84 valence electrons. The summed E-state index contributed by atoms with van der Waals surface area (Å²) in [6, 6.07) is 0. The van der Waals surface area contributed by atoms with E-state index < -0.39 is 0 Å². The molecule has 6 heteroatoms. The number of aromatic nitrogens is 2. The van der Waals surface area contributed by atoms with Crippen LogP contribution in [0.25, 0.3) is 0 Å². The zero-order valence-corrected chi connectivity index (χ0v) is 9.55. The number of ether oxygens (including phenoxy) is 2. The Hall–Kier alpha value is -0.720. The van der Waals surface area contributed by atoms with Crippen molar-refractivity contribution in [2.75, 3.05) is 38.8 Å². The van der Waals surface area contributed by atoms with Crippen LogP contribution in [0.3, 0.4) is 0 Å². The molecule has 0 amide bonds. The lowest BCUT2D eigenvalue weighted by Crippen LogP contribution is -2.07. The normalized spacial score (nSPS) is 20.7. The van der Waals surface area contributed by atoms with Crippen LogP contribution in [0.2, 0.25) is 0 Å². The minimum absolute atomic E-state index is 0.388. The fourth-order valence-electron chi connectivity index (χ4n) is 1.47. The molecule has 1 atom stereocenters. The number of anilines is 1. The standard InChI is InChI=1S/C9H15N3O2S/c1-13-5-3-10-9-11-8(12-15-9)7-2-4-14-6-7/h7H,2-6H2,1H3,(H,10,11,12). The Morgan fingerprint density at radius 3 is 3.33 bits per heavy atom. The van der Waals surface area contributed by atoms with E-state index in [-0.39, 0.29) is 0 Å².